The summed E-state index contributed by atoms with van der Waals surface area (Å²) in [6, 6.07) is 11.3. The lowest BCUT2D eigenvalue weighted by atomic mass is 9.91. The Morgan fingerprint density at radius 1 is 1.10 bits per heavy atom. The van der Waals surface area contributed by atoms with E-state index < -0.39 is 0 Å². The van der Waals surface area contributed by atoms with Crippen LogP contribution in [-0.2, 0) is 5.41 Å². The normalized spacial score (nSPS) is 11.2. The zero-order valence-corrected chi connectivity index (χ0v) is 12.4. The minimum atomic E-state index is -0.101. The molecule has 0 fully saturated rings. The Labute approximate surface area is 120 Å². The highest BCUT2D eigenvalue weighted by atomic mass is 16.1. The molecule has 0 aliphatic carbocycles. The van der Waals surface area contributed by atoms with Gasteiger partial charge in [-0.25, -0.2) is 0 Å². The van der Waals surface area contributed by atoms with Gasteiger partial charge in [-0.1, -0.05) is 38.5 Å². The first kappa shape index (κ1) is 14.3. The van der Waals surface area contributed by atoms with E-state index in [1.165, 1.54) is 0 Å². The number of carbonyl (C=O) groups excluding carboxylic acids is 1. The summed E-state index contributed by atoms with van der Waals surface area (Å²) in [5, 5.41) is 2.91. The average molecular weight is 268 g/mol. The Hall–Kier alpha value is -2.16. The van der Waals surface area contributed by atoms with Crippen molar-refractivity contribution in [3.63, 3.8) is 0 Å². The molecule has 104 valence electrons. The lowest BCUT2D eigenvalue weighted by Crippen LogP contribution is -2.16. The van der Waals surface area contributed by atoms with E-state index in [4.69, 9.17) is 0 Å². The number of hydrogen-bond donors (Lipinski definition) is 1. The van der Waals surface area contributed by atoms with E-state index >= 15 is 0 Å². The van der Waals surface area contributed by atoms with E-state index in [1.54, 1.807) is 12.3 Å². The molecule has 0 bridgehead atoms. The number of nitrogens with zero attached hydrogens (tertiary/aromatic N) is 1. The Balaban J connectivity index is 2.18. The molecule has 1 heterocycles. The fourth-order valence-corrected chi connectivity index (χ4v) is 1.83. The van der Waals surface area contributed by atoms with Crippen molar-refractivity contribution in [1.82, 2.24) is 4.98 Å². The molecule has 3 nitrogen and oxygen atoms in total. The van der Waals surface area contributed by atoms with Gasteiger partial charge in [0.15, 0.2) is 0 Å². The highest BCUT2D eigenvalue weighted by Crippen LogP contribution is 2.22. The van der Waals surface area contributed by atoms with E-state index in [-0.39, 0.29) is 11.3 Å². The molecule has 2 rings (SSSR count). The van der Waals surface area contributed by atoms with Crippen LogP contribution in [0.4, 0.5) is 5.69 Å². The zero-order valence-electron chi connectivity index (χ0n) is 12.4. The van der Waals surface area contributed by atoms with Gasteiger partial charge in [-0.05, 0) is 31.2 Å². The summed E-state index contributed by atoms with van der Waals surface area (Å²) in [6.45, 7) is 8.29. The SMILES string of the molecule is Cc1ccc(C(=O)Nc2ccnc(C(C)(C)C)c2)cc1. The summed E-state index contributed by atoms with van der Waals surface area (Å²) >= 11 is 0. The van der Waals surface area contributed by atoms with Crippen molar-refractivity contribution in [2.24, 2.45) is 0 Å². The molecule has 0 atom stereocenters. The third-order valence-electron chi connectivity index (χ3n) is 3.10. The van der Waals surface area contributed by atoms with Gasteiger partial charge in [-0.15, -0.1) is 0 Å². The van der Waals surface area contributed by atoms with Crippen molar-refractivity contribution < 1.29 is 4.79 Å². The standard InChI is InChI=1S/C17H20N2O/c1-12-5-7-13(8-6-12)16(20)19-14-9-10-18-15(11-14)17(2,3)4/h5-11H,1-4H3,(H,18,19,20). The quantitative estimate of drug-likeness (QED) is 0.896. The third kappa shape index (κ3) is 3.44. The number of carbonyl (C=O) groups is 1. The van der Waals surface area contributed by atoms with Crippen molar-refractivity contribution in [1.29, 1.82) is 0 Å². The number of aryl methyl sites for hydroxylation is 1. The molecule has 0 radical (unpaired) electrons. The smallest absolute Gasteiger partial charge is 0.255 e. The lowest BCUT2D eigenvalue weighted by molar-refractivity contribution is 0.102. The number of anilines is 1. The van der Waals surface area contributed by atoms with Gasteiger partial charge in [-0.3, -0.25) is 9.78 Å². The van der Waals surface area contributed by atoms with Crippen LogP contribution in [0.5, 0.6) is 0 Å². The number of aromatic nitrogens is 1. The molecule has 0 saturated heterocycles. The lowest BCUT2D eigenvalue weighted by Gasteiger charge is -2.18. The summed E-state index contributed by atoms with van der Waals surface area (Å²) in [5.41, 5.74) is 3.49. The van der Waals surface area contributed by atoms with Crippen LogP contribution >= 0.6 is 0 Å². The maximum Gasteiger partial charge on any atom is 0.255 e. The molecule has 1 N–H and O–H groups in total. The number of hydrogen-bond acceptors (Lipinski definition) is 2. The second-order valence-corrected chi connectivity index (χ2v) is 6.00. The highest BCUT2D eigenvalue weighted by Gasteiger charge is 2.16. The fraction of sp³-hybridized carbons (Fsp3) is 0.294. The Bertz CT molecular complexity index is 610. The Morgan fingerprint density at radius 3 is 2.35 bits per heavy atom. The molecule has 1 aromatic carbocycles. The molecule has 1 aromatic heterocycles. The van der Waals surface area contributed by atoms with Crippen molar-refractivity contribution in [3.8, 4) is 0 Å². The van der Waals surface area contributed by atoms with Crippen LogP contribution < -0.4 is 5.32 Å². The first-order chi connectivity index (χ1) is 9.36. The first-order valence-corrected chi connectivity index (χ1v) is 6.71. The molecule has 0 saturated carbocycles. The van der Waals surface area contributed by atoms with Crippen molar-refractivity contribution in [2.45, 2.75) is 33.1 Å². The monoisotopic (exact) mass is 268 g/mol. The number of nitrogens with one attached hydrogen (secondary N) is 1. The number of benzene rings is 1. The van der Waals surface area contributed by atoms with Gasteiger partial charge in [0.05, 0.1) is 0 Å². The molecule has 3 heteroatoms. The number of rotatable bonds is 2. The molecular weight excluding hydrogens is 248 g/mol. The molecule has 0 unspecified atom stereocenters. The molecular formula is C17H20N2O. The topological polar surface area (TPSA) is 42.0 Å². The Morgan fingerprint density at radius 2 is 1.75 bits per heavy atom. The third-order valence-corrected chi connectivity index (χ3v) is 3.10. The largest absolute Gasteiger partial charge is 0.322 e. The van der Waals surface area contributed by atoms with Gasteiger partial charge in [-0.2, -0.15) is 0 Å². The van der Waals surface area contributed by atoms with Gasteiger partial charge in [0.25, 0.3) is 5.91 Å². The van der Waals surface area contributed by atoms with Crippen LogP contribution in [0.25, 0.3) is 0 Å². The van der Waals surface area contributed by atoms with Crippen LogP contribution in [0.2, 0.25) is 0 Å². The molecule has 0 aliphatic rings. The maximum absolute atomic E-state index is 12.2. The van der Waals surface area contributed by atoms with Gasteiger partial charge < -0.3 is 5.32 Å². The molecule has 0 spiro atoms. The predicted octanol–water partition coefficient (Wildman–Crippen LogP) is 3.94. The van der Waals surface area contributed by atoms with Crippen LogP contribution in [0.3, 0.4) is 0 Å². The van der Waals surface area contributed by atoms with Crippen LogP contribution in [0.1, 0.15) is 42.4 Å². The predicted molar refractivity (Wildman–Crippen MR) is 82.1 cm³/mol. The van der Waals surface area contributed by atoms with E-state index in [0.29, 0.717) is 5.56 Å². The Kier molecular flexibility index (Phi) is 3.89. The molecule has 2 aromatic rings. The minimum absolute atomic E-state index is 0.0371. The fourth-order valence-electron chi connectivity index (χ4n) is 1.83. The summed E-state index contributed by atoms with van der Waals surface area (Å²) < 4.78 is 0. The summed E-state index contributed by atoms with van der Waals surface area (Å²) in [4.78, 5) is 16.5. The van der Waals surface area contributed by atoms with Crippen LogP contribution in [0, 0.1) is 6.92 Å². The van der Waals surface area contributed by atoms with Crippen molar-refractivity contribution >= 4 is 11.6 Å². The summed E-state index contributed by atoms with van der Waals surface area (Å²) in [6.07, 6.45) is 1.73. The highest BCUT2D eigenvalue weighted by molar-refractivity contribution is 6.04. The van der Waals surface area contributed by atoms with Gasteiger partial charge in [0.1, 0.15) is 0 Å². The first-order valence-electron chi connectivity index (χ1n) is 6.71. The molecule has 1 amide bonds. The van der Waals surface area contributed by atoms with E-state index in [9.17, 15) is 4.79 Å². The number of pyridine rings is 1. The van der Waals surface area contributed by atoms with E-state index in [2.05, 4.69) is 31.1 Å². The number of amides is 1. The molecule has 0 aliphatic heterocycles. The van der Waals surface area contributed by atoms with Crippen LogP contribution in [-0.4, -0.2) is 10.9 Å². The minimum Gasteiger partial charge on any atom is -0.322 e. The van der Waals surface area contributed by atoms with Crippen molar-refractivity contribution in [2.75, 3.05) is 5.32 Å². The van der Waals surface area contributed by atoms with Gasteiger partial charge in [0, 0.05) is 28.6 Å². The van der Waals surface area contributed by atoms with Crippen LogP contribution in [0.15, 0.2) is 42.6 Å². The maximum atomic E-state index is 12.2. The zero-order chi connectivity index (χ0) is 14.8. The van der Waals surface area contributed by atoms with E-state index in [1.807, 2.05) is 37.3 Å². The second kappa shape index (κ2) is 5.45. The molecule has 20 heavy (non-hydrogen) atoms. The average Bonchev–Trinajstić information content (AvgIpc) is 2.38. The van der Waals surface area contributed by atoms with Gasteiger partial charge >= 0.3 is 0 Å². The summed E-state index contributed by atoms with van der Waals surface area (Å²) in [7, 11) is 0. The van der Waals surface area contributed by atoms with E-state index in [0.717, 1.165) is 16.9 Å². The van der Waals surface area contributed by atoms with Crippen molar-refractivity contribution in [3.05, 3.63) is 59.4 Å². The second-order valence-electron chi connectivity index (χ2n) is 6.00. The summed E-state index contributed by atoms with van der Waals surface area (Å²) in [5.74, 6) is -0.101. The van der Waals surface area contributed by atoms with Gasteiger partial charge in [0.2, 0.25) is 0 Å².